The van der Waals surface area contributed by atoms with Gasteiger partial charge in [0.05, 0.1) is 0 Å². The Morgan fingerprint density at radius 1 is 1.17 bits per heavy atom. The van der Waals surface area contributed by atoms with Crippen molar-refractivity contribution in [1.82, 2.24) is 4.90 Å². The molecule has 0 saturated heterocycles. The summed E-state index contributed by atoms with van der Waals surface area (Å²) in [6, 6.07) is 8.54. The van der Waals surface area contributed by atoms with Crippen molar-refractivity contribution in [3.05, 3.63) is 28.7 Å². The smallest absolute Gasteiger partial charge is 0.119 e. The molecular formula is C14H21Br2NO. The molecule has 18 heavy (non-hydrogen) atoms. The van der Waals surface area contributed by atoms with Gasteiger partial charge in [-0.2, -0.15) is 0 Å². The van der Waals surface area contributed by atoms with Crippen LogP contribution in [0.1, 0.15) is 20.3 Å². The van der Waals surface area contributed by atoms with E-state index >= 15 is 0 Å². The quantitative estimate of drug-likeness (QED) is 0.624. The first kappa shape index (κ1) is 16.0. The van der Waals surface area contributed by atoms with Crippen molar-refractivity contribution in [2.24, 2.45) is 0 Å². The first-order chi connectivity index (χ1) is 8.63. The molecule has 0 saturated carbocycles. The van der Waals surface area contributed by atoms with E-state index in [4.69, 9.17) is 4.74 Å². The van der Waals surface area contributed by atoms with Crippen molar-refractivity contribution in [3.63, 3.8) is 0 Å². The van der Waals surface area contributed by atoms with Crippen LogP contribution in [0.2, 0.25) is 0 Å². The SMILES string of the molecule is CC(C)N(CCCBr)CCOc1ccc(Br)cc1. The van der Waals surface area contributed by atoms with Gasteiger partial charge in [-0.25, -0.2) is 0 Å². The molecule has 1 aromatic rings. The van der Waals surface area contributed by atoms with Crippen molar-refractivity contribution >= 4 is 31.9 Å². The summed E-state index contributed by atoms with van der Waals surface area (Å²) in [5, 5.41) is 1.06. The van der Waals surface area contributed by atoms with Crippen LogP contribution in [0.3, 0.4) is 0 Å². The highest BCUT2D eigenvalue weighted by molar-refractivity contribution is 9.10. The normalized spacial score (nSPS) is 11.2. The van der Waals surface area contributed by atoms with Gasteiger partial charge >= 0.3 is 0 Å². The molecule has 0 amide bonds. The fraction of sp³-hybridized carbons (Fsp3) is 0.571. The van der Waals surface area contributed by atoms with E-state index in [0.717, 1.165) is 35.2 Å². The Balaban J connectivity index is 2.31. The molecule has 0 aliphatic carbocycles. The highest BCUT2D eigenvalue weighted by Crippen LogP contribution is 2.16. The molecule has 0 radical (unpaired) electrons. The lowest BCUT2D eigenvalue weighted by Gasteiger charge is -2.26. The first-order valence-electron chi connectivity index (χ1n) is 6.32. The van der Waals surface area contributed by atoms with Crippen LogP contribution in [0, 0.1) is 0 Å². The highest BCUT2D eigenvalue weighted by Gasteiger charge is 2.08. The van der Waals surface area contributed by atoms with Crippen molar-refractivity contribution in [3.8, 4) is 5.75 Å². The fourth-order valence-electron chi connectivity index (χ4n) is 1.70. The molecular weight excluding hydrogens is 358 g/mol. The van der Waals surface area contributed by atoms with E-state index in [1.165, 1.54) is 6.42 Å². The van der Waals surface area contributed by atoms with Crippen LogP contribution in [0.5, 0.6) is 5.75 Å². The van der Waals surface area contributed by atoms with Gasteiger partial charge in [0, 0.05) is 22.4 Å². The molecule has 0 bridgehead atoms. The average molecular weight is 379 g/mol. The zero-order chi connectivity index (χ0) is 13.4. The number of ether oxygens (including phenoxy) is 1. The van der Waals surface area contributed by atoms with Crippen molar-refractivity contribution < 1.29 is 4.74 Å². The van der Waals surface area contributed by atoms with Gasteiger partial charge in [-0.3, -0.25) is 4.90 Å². The van der Waals surface area contributed by atoms with E-state index in [2.05, 4.69) is 50.6 Å². The maximum Gasteiger partial charge on any atom is 0.119 e. The fourth-order valence-corrected chi connectivity index (χ4v) is 2.22. The lowest BCUT2D eigenvalue weighted by Crippen LogP contribution is -2.35. The summed E-state index contributed by atoms with van der Waals surface area (Å²) in [5.41, 5.74) is 0. The van der Waals surface area contributed by atoms with Gasteiger partial charge in [0.25, 0.3) is 0 Å². The Morgan fingerprint density at radius 2 is 1.83 bits per heavy atom. The number of hydrogen-bond acceptors (Lipinski definition) is 2. The van der Waals surface area contributed by atoms with Crippen LogP contribution in [0.15, 0.2) is 28.7 Å². The van der Waals surface area contributed by atoms with Crippen molar-refractivity contribution in [1.29, 1.82) is 0 Å². The van der Waals surface area contributed by atoms with E-state index in [-0.39, 0.29) is 0 Å². The van der Waals surface area contributed by atoms with Crippen molar-refractivity contribution in [2.75, 3.05) is 25.0 Å². The molecule has 0 aromatic heterocycles. The molecule has 2 nitrogen and oxygen atoms in total. The van der Waals surface area contributed by atoms with E-state index in [1.807, 2.05) is 24.3 Å². The van der Waals surface area contributed by atoms with Crippen LogP contribution >= 0.6 is 31.9 Å². The summed E-state index contributed by atoms with van der Waals surface area (Å²) >= 11 is 6.89. The van der Waals surface area contributed by atoms with Crippen molar-refractivity contribution in [2.45, 2.75) is 26.3 Å². The van der Waals surface area contributed by atoms with Crippen LogP contribution in [0.25, 0.3) is 0 Å². The molecule has 0 aliphatic rings. The van der Waals surface area contributed by atoms with E-state index < -0.39 is 0 Å². The molecule has 0 unspecified atom stereocenters. The number of nitrogens with zero attached hydrogens (tertiary/aromatic N) is 1. The van der Waals surface area contributed by atoms with Crippen LogP contribution < -0.4 is 4.74 Å². The van der Waals surface area contributed by atoms with E-state index in [9.17, 15) is 0 Å². The third-order valence-corrected chi connectivity index (χ3v) is 3.86. The van der Waals surface area contributed by atoms with Gasteiger partial charge in [-0.05, 0) is 51.1 Å². The van der Waals surface area contributed by atoms with Crippen LogP contribution in [0.4, 0.5) is 0 Å². The molecule has 1 rings (SSSR count). The second kappa shape index (κ2) is 8.94. The molecule has 0 N–H and O–H groups in total. The van der Waals surface area contributed by atoms with Gasteiger partial charge in [0.15, 0.2) is 0 Å². The summed E-state index contributed by atoms with van der Waals surface area (Å²) in [6.07, 6.45) is 1.18. The molecule has 4 heteroatoms. The Kier molecular flexibility index (Phi) is 7.95. The third kappa shape index (κ3) is 6.21. The Bertz CT molecular complexity index is 327. The second-order valence-electron chi connectivity index (χ2n) is 4.47. The third-order valence-electron chi connectivity index (χ3n) is 2.77. The molecule has 0 spiro atoms. The highest BCUT2D eigenvalue weighted by atomic mass is 79.9. The average Bonchev–Trinajstić information content (AvgIpc) is 2.35. The summed E-state index contributed by atoms with van der Waals surface area (Å²) < 4.78 is 6.83. The van der Waals surface area contributed by atoms with Crippen LogP contribution in [-0.4, -0.2) is 36.0 Å². The standard InChI is InChI=1S/C14H21Br2NO/c1-12(2)17(9-3-8-15)10-11-18-14-6-4-13(16)5-7-14/h4-7,12H,3,8-11H2,1-2H3. The predicted octanol–water partition coefficient (Wildman–Crippen LogP) is 4.32. The zero-order valence-electron chi connectivity index (χ0n) is 11.0. The van der Waals surface area contributed by atoms with E-state index in [1.54, 1.807) is 0 Å². The number of rotatable bonds is 8. The minimum Gasteiger partial charge on any atom is -0.492 e. The minimum atomic E-state index is 0.567. The van der Waals surface area contributed by atoms with Gasteiger partial charge in [-0.1, -0.05) is 31.9 Å². The number of hydrogen-bond donors (Lipinski definition) is 0. The lowest BCUT2D eigenvalue weighted by molar-refractivity contribution is 0.176. The summed E-state index contributed by atoms with van der Waals surface area (Å²) in [5.74, 6) is 0.933. The van der Waals surface area contributed by atoms with Gasteiger partial charge in [0.1, 0.15) is 12.4 Å². The van der Waals surface area contributed by atoms with Gasteiger partial charge < -0.3 is 4.74 Å². The monoisotopic (exact) mass is 377 g/mol. The summed E-state index contributed by atoms with van der Waals surface area (Å²) in [7, 11) is 0. The lowest BCUT2D eigenvalue weighted by atomic mass is 10.3. The molecule has 102 valence electrons. The van der Waals surface area contributed by atoms with Gasteiger partial charge in [0.2, 0.25) is 0 Å². The number of benzene rings is 1. The largest absolute Gasteiger partial charge is 0.492 e. The summed E-state index contributed by atoms with van der Waals surface area (Å²) in [4.78, 5) is 2.44. The Hall–Kier alpha value is -0.0600. The van der Waals surface area contributed by atoms with Crippen LogP contribution in [-0.2, 0) is 0 Å². The maximum absolute atomic E-state index is 5.75. The molecule has 0 fully saturated rings. The second-order valence-corrected chi connectivity index (χ2v) is 6.18. The summed E-state index contributed by atoms with van der Waals surface area (Å²) in [6.45, 7) is 7.29. The van der Waals surface area contributed by atoms with E-state index in [0.29, 0.717) is 6.04 Å². The molecule has 0 atom stereocenters. The van der Waals surface area contributed by atoms with Gasteiger partial charge in [-0.15, -0.1) is 0 Å². The molecule has 0 heterocycles. The Morgan fingerprint density at radius 3 is 2.39 bits per heavy atom. The maximum atomic E-state index is 5.75. The number of alkyl halides is 1. The minimum absolute atomic E-state index is 0.567. The number of halogens is 2. The predicted molar refractivity (Wildman–Crippen MR) is 84.8 cm³/mol. The topological polar surface area (TPSA) is 12.5 Å². The first-order valence-corrected chi connectivity index (χ1v) is 8.23. The molecule has 0 aliphatic heterocycles. The zero-order valence-corrected chi connectivity index (χ0v) is 14.2. The molecule has 1 aromatic carbocycles. The Labute approximate surface area is 127 Å².